The van der Waals surface area contributed by atoms with Crippen LogP contribution in [0.25, 0.3) is 10.8 Å². The molecule has 0 atom stereocenters. The molecule has 2 heterocycles. The molecule has 0 spiro atoms. The molecule has 0 aliphatic carbocycles. The second-order valence-electron chi connectivity index (χ2n) is 4.53. The molecule has 1 fully saturated rings. The number of carboxylic acid groups (broad SMARTS) is 1. The molecule has 1 saturated heterocycles. The van der Waals surface area contributed by atoms with Gasteiger partial charge in [-0.3, -0.25) is 15.0 Å². The first-order valence-electron chi connectivity index (χ1n) is 6.16. The zero-order valence-electron chi connectivity index (χ0n) is 10.7. The van der Waals surface area contributed by atoms with Gasteiger partial charge in [-0.15, -0.1) is 5.10 Å². The number of nitrogens with zero attached hydrogens (tertiary/aromatic N) is 3. The molecule has 3 rings (SSSR count). The quantitative estimate of drug-likeness (QED) is 0.843. The summed E-state index contributed by atoms with van der Waals surface area (Å²) in [5.74, 6) is -1.19. The highest BCUT2D eigenvalue weighted by atomic mass is 16.4. The number of anilines is 1. The van der Waals surface area contributed by atoms with Crippen LogP contribution < -0.4 is 10.2 Å². The highest BCUT2D eigenvalue weighted by Gasteiger charge is 2.27. The van der Waals surface area contributed by atoms with Crippen LogP contribution in [-0.4, -0.2) is 39.8 Å². The van der Waals surface area contributed by atoms with Crippen molar-refractivity contribution in [1.82, 2.24) is 15.5 Å². The summed E-state index contributed by atoms with van der Waals surface area (Å²) in [5, 5.41) is 20.1. The number of aromatic nitrogens is 2. The molecular formula is C13H10N4O4. The maximum Gasteiger partial charge on any atom is 0.335 e. The Hall–Kier alpha value is -3.03. The largest absolute Gasteiger partial charge is 0.478 e. The predicted octanol–water partition coefficient (Wildman–Crippen LogP) is 0.774. The lowest BCUT2D eigenvalue weighted by Crippen LogP contribution is -2.50. The molecule has 3 amide bonds. The third kappa shape index (κ3) is 2.27. The van der Waals surface area contributed by atoms with Crippen molar-refractivity contribution in [2.45, 2.75) is 6.42 Å². The molecule has 2 aromatic rings. The summed E-state index contributed by atoms with van der Waals surface area (Å²) in [6.07, 6.45) is 1.64. The van der Waals surface area contributed by atoms with E-state index < -0.39 is 12.0 Å². The van der Waals surface area contributed by atoms with Crippen molar-refractivity contribution in [2.24, 2.45) is 0 Å². The first-order valence-corrected chi connectivity index (χ1v) is 6.16. The molecule has 0 unspecified atom stereocenters. The van der Waals surface area contributed by atoms with Crippen molar-refractivity contribution in [2.75, 3.05) is 11.4 Å². The van der Waals surface area contributed by atoms with Crippen LogP contribution in [0, 0.1) is 0 Å². The molecule has 1 aliphatic rings. The standard InChI is InChI=1S/C13H10N4O4/c18-10-3-4-17(13(21)15-10)11-9-5-7(12(19)20)1-2-8(9)6-14-16-11/h1-2,5-6H,3-4H2,(H,19,20)(H,15,18,21). The van der Waals surface area contributed by atoms with Gasteiger partial charge >= 0.3 is 12.0 Å². The summed E-state index contributed by atoms with van der Waals surface area (Å²) in [6.45, 7) is 0.176. The summed E-state index contributed by atoms with van der Waals surface area (Å²) < 4.78 is 0. The topological polar surface area (TPSA) is 112 Å². The second kappa shape index (κ2) is 4.82. The minimum Gasteiger partial charge on any atom is -0.478 e. The van der Waals surface area contributed by atoms with Crippen LogP contribution in [0.1, 0.15) is 16.8 Å². The van der Waals surface area contributed by atoms with Crippen molar-refractivity contribution in [3.63, 3.8) is 0 Å². The maximum atomic E-state index is 11.9. The average molecular weight is 286 g/mol. The molecule has 1 aromatic carbocycles. The van der Waals surface area contributed by atoms with Gasteiger partial charge in [0.2, 0.25) is 5.91 Å². The van der Waals surface area contributed by atoms with Gasteiger partial charge in [0.15, 0.2) is 5.82 Å². The van der Waals surface area contributed by atoms with E-state index in [9.17, 15) is 14.4 Å². The molecule has 1 aliphatic heterocycles. The molecule has 8 heteroatoms. The molecular weight excluding hydrogens is 276 g/mol. The van der Waals surface area contributed by atoms with Gasteiger partial charge in [-0.2, -0.15) is 5.10 Å². The zero-order chi connectivity index (χ0) is 15.0. The van der Waals surface area contributed by atoms with Crippen LogP contribution in [0.4, 0.5) is 10.6 Å². The minimum atomic E-state index is -1.07. The third-order valence-electron chi connectivity index (χ3n) is 3.20. The van der Waals surface area contributed by atoms with Crippen molar-refractivity contribution >= 4 is 34.5 Å². The van der Waals surface area contributed by atoms with Gasteiger partial charge in [0, 0.05) is 23.7 Å². The second-order valence-corrected chi connectivity index (χ2v) is 4.53. The highest BCUT2D eigenvalue weighted by Crippen LogP contribution is 2.25. The maximum absolute atomic E-state index is 11.9. The van der Waals surface area contributed by atoms with Gasteiger partial charge in [-0.25, -0.2) is 9.59 Å². The van der Waals surface area contributed by atoms with E-state index in [0.29, 0.717) is 10.8 Å². The van der Waals surface area contributed by atoms with Gasteiger partial charge in [-0.1, -0.05) is 6.07 Å². The lowest BCUT2D eigenvalue weighted by molar-refractivity contribution is -0.120. The lowest BCUT2D eigenvalue weighted by Gasteiger charge is -2.25. The zero-order valence-corrected chi connectivity index (χ0v) is 10.7. The molecule has 106 valence electrons. The number of hydrogen-bond donors (Lipinski definition) is 2. The monoisotopic (exact) mass is 286 g/mol. The van der Waals surface area contributed by atoms with Crippen molar-refractivity contribution in [3.05, 3.63) is 30.0 Å². The van der Waals surface area contributed by atoms with E-state index in [1.54, 1.807) is 6.07 Å². The number of nitrogens with one attached hydrogen (secondary N) is 1. The molecule has 21 heavy (non-hydrogen) atoms. The van der Waals surface area contributed by atoms with Gasteiger partial charge in [0.25, 0.3) is 0 Å². The third-order valence-corrected chi connectivity index (χ3v) is 3.20. The SMILES string of the molecule is O=C1CCN(c2nncc3ccc(C(=O)O)cc23)C(=O)N1. The Kier molecular flexibility index (Phi) is 2.98. The molecule has 0 saturated carbocycles. The van der Waals surface area contributed by atoms with Gasteiger partial charge < -0.3 is 5.11 Å². The average Bonchev–Trinajstić information content (AvgIpc) is 2.46. The molecule has 2 N–H and O–H groups in total. The van der Waals surface area contributed by atoms with Crippen LogP contribution in [-0.2, 0) is 4.79 Å². The number of rotatable bonds is 2. The smallest absolute Gasteiger partial charge is 0.335 e. The Bertz CT molecular complexity index is 774. The normalized spacial score (nSPS) is 15.1. The number of carbonyl (C=O) groups excluding carboxylic acids is 2. The molecule has 0 radical (unpaired) electrons. The Morgan fingerprint density at radius 1 is 1.33 bits per heavy atom. The van der Waals surface area contributed by atoms with E-state index in [4.69, 9.17) is 5.11 Å². The van der Waals surface area contributed by atoms with Crippen LogP contribution in [0.5, 0.6) is 0 Å². The predicted molar refractivity (Wildman–Crippen MR) is 72.0 cm³/mol. The van der Waals surface area contributed by atoms with Crippen molar-refractivity contribution < 1.29 is 19.5 Å². The van der Waals surface area contributed by atoms with Crippen molar-refractivity contribution in [3.8, 4) is 0 Å². The van der Waals surface area contributed by atoms with Gasteiger partial charge in [0.1, 0.15) is 0 Å². The molecule has 1 aromatic heterocycles. The number of carbonyl (C=O) groups is 3. The van der Waals surface area contributed by atoms with Crippen LogP contribution in [0.3, 0.4) is 0 Å². The fourth-order valence-corrected chi connectivity index (χ4v) is 2.16. The number of carboxylic acids is 1. The van der Waals surface area contributed by atoms with Crippen molar-refractivity contribution in [1.29, 1.82) is 0 Å². The van der Waals surface area contributed by atoms with E-state index in [1.165, 1.54) is 23.2 Å². The first kappa shape index (κ1) is 13.0. The van der Waals surface area contributed by atoms with Gasteiger partial charge in [-0.05, 0) is 12.1 Å². The number of amides is 3. The number of imide groups is 1. The lowest BCUT2D eigenvalue weighted by atomic mass is 10.1. The Morgan fingerprint density at radius 3 is 2.86 bits per heavy atom. The van der Waals surface area contributed by atoms with E-state index in [2.05, 4.69) is 15.5 Å². The number of hydrogen-bond acceptors (Lipinski definition) is 5. The molecule has 0 bridgehead atoms. The van der Waals surface area contributed by atoms with Crippen LogP contribution in [0.2, 0.25) is 0 Å². The first-order chi connectivity index (χ1) is 10.1. The number of urea groups is 1. The van der Waals surface area contributed by atoms with E-state index >= 15 is 0 Å². The highest BCUT2D eigenvalue weighted by molar-refractivity contribution is 6.09. The summed E-state index contributed by atoms with van der Waals surface area (Å²) in [4.78, 5) is 35.4. The summed E-state index contributed by atoms with van der Waals surface area (Å²) >= 11 is 0. The van der Waals surface area contributed by atoms with E-state index in [-0.39, 0.29) is 30.3 Å². The Balaban J connectivity index is 2.13. The summed E-state index contributed by atoms with van der Waals surface area (Å²) in [7, 11) is 0. The summed E-state index contributed by atoms with van der Waals surface area (Å²) in [5.41, 5.74) is 0.0882. The van der Waals surface area contributed by atoms with Gasteiger partial charge in [0.05, 0.1) is 11.8 Å². The van der Waals surface area contributed by atoms with E-state index in [0.717, 1.165) is 0 Å². The summed E-state index contributed by atoms with van der Waals surface area (Å²) in [6, 6.07) is 3.90. The Labute approximate surface area is 118 Å². The molecule has 8 nitrogen and oxygen atoms in total. The van der Waals surface area contributed by atoms with Crippen LogP contribution in [0.15, 0.2) is 24.4 Å². The fraction of sp³-hybridized carbons (Fsp3) is 0.154. The number of fused-ring (bicyclic) bond motifs is 1. The van der Waals surface area contributed by atoms with Crippen LogP contribution >= 0.6 is 0 Å². The minimum absolute atomic E-state index is 0.0882. The number of benzene rings is 1. The number of aromatic carboxylic acids is 1. The van der Waals surface area contributed by atoms with E-state index in [1.807, 2.05) is 0 Å². The fourth-order valence-electron chi connectivity index (χ4n) is 2.16. The Morgan fingerprint density at radius 2 is 2.14 bits per heavy atom.